The predicted molar refractivity (Wildman–Crippen MR) is 76.6 cm³/mol. The molecule has 0 amide bonds. The maximum Gasteiger partial charge on any atom is 0.107 e. The Hall–Kier alpha value is -0.410. The highest BCUT2D eigenvalue weighted by Crippen LogP contribution is 2.27. The standard InChI is InChI=1S/C14H26N2S/c1-10-11(2)17-12(16-10)8-15-14(6,7)9-13(3,4)5/h15H,8-9H2,1-7H3. The lowest BCUT2D eigenvalue weighted by molar-refractivity contribution is 0.240. The van der Waals surface area contributed by atoms with E-state index >= 15 is 0 Å². The van der Waals surface area contributed by atoms with Gasteiger partial charge in [0.2, 0.25) is 0 Å². The molecule has 0 fully saturated rings. The first-order chi connectivity index (χ1) is 7.59. The van der Waals surface area contributed by atoms with Gasteiger partial charge in [0, 0.05) is 17.0 Å². The van der Waals surface area contributed by atoms with Gasteiger partial charge in [0.15, 0.2) is 0 Å². The quantitative estimate of drug-likeness (QED) is 0.876. The molecule has 0 radical (unpaired) electrons. The molecular formula is C14H26N2S. The second kappa shape index (κ2) is 5.07. The van der Waals surface area contributed by atoms with E-state index in [1.165, 1.54) is 15.6 Å². The Kier molecular flexibility index (Phi) is 4.37. The smallest absolute Gasteiger partial charge is 0.107 e. The number of nitrogens with zero attached hydrogens (tertiary/aromatic N) is 1. The predicted octanol–water partition coefficient (Wildman–Crippen LogP) is 4.06. The van der Waals surface area contributed by atoms with E-state index < -0.39 is 0 Å². The van der Waals surface area contributed by atoms with Crippen LogP contribution < -0.4 is 5.32 Å². The third-order valence-corrected chi connectivity index (χ3v) is 3.84. The number of aryl methyl sites for hydroxylation is 2. The summed E-state index contributed by atoms with van der Waals surface area (Å²) in [5, 5.41) is 4.82. The molecule has 0 saturated carbocycles. The highest BCUT2D eigenvalue weighted by molar-refractivity contribution is 7.11. The van der Waals surface area contributed by atoms with Gasteiger partial charge in [-0.3, -0.25) is 0 Å². The monoisotopic (exact) mass is 254 g/mol. The Morgan fingerprint density at radius 2 is 1.71 bits per heavy atom. The number of aromatic nitrogens is 1. The highest BCUT2D eigenvalue weighted by atomic mass is 32.1. The summed E-state index contributed by atoms with van der Waals surface area (Å²) >= 11 is 1.80. The van der Waals surface area contributed by atoms with Crippen LogP contribution in [0.1, 0.15) is 56.6 Å². The second-order valence-electron chi connectivity index (χ2n) is 6.72. The van der Waals surface area contributed by atoms with Gasteiger partial charge in [0.05, 0.1) is 5.69 Å². The molecule has 2 nitrogen and oxygen atoms in total. The largest absolute Gasteiger partial charge is 0.305 e. The summed E-state index contributed by atoms with van der Waals surface area (Å²) < 4.78 is 0. The number of hydrogen-bond donors (Lipinski definition) is 1. The zero-order valence-corrected chi connectivity index (χ0v) is 13.1. The minimum atomic E-state index is 0.158. The summed E-state index contributed by atoms with van der Waals surface area (Å²) in [6.45, 7) is 16.5. The van der Waals surface area contributed by atoms with Crippen LogP contribution in [-0.2, 0) is 6.54 Å². The van der Waals surface area contributed by atoms with E-state index in [4.69, 9.17) is 0 Å². The molecule has 1 N–H and O–H groups in total. The average Bonchev–Trinajstić information content (AvgIpc) is 2.39. The molecule has 1 aromatic rings. The summed E-state index contributed by atoms with van der Waals surface area (Å²) in [4.78, 5) is 5.89. The lowest BCUT2D eigenvalue weighted by atomic mass is 9.82. The van der Waals surface area contributed by atoms with Gasteiger partial charge in [-0.2, -0.15) is 0 Å². The van der Waals surface area contributed by atoms with Crippen molar-refractivity contribution in [2.24, 2.45) is 5.41 Å². The zero-order chi connectivity index (χ0) is 13.3. The first-order valence-corrected chi connectivity index (χ1v) is 7.09. The maximum atomic E-state index is 4.57. The Labute approximate surface area is 110 Å². The van der Waals surface area contributed by atoms with Crippen molar-refractivity contribution in [2.75, 3.05) is 0 Å². The van der Waals surface area contributed by atoms with Crippen LogP contribution in [0.4, 0.5) is 0 Å². The molecule has 0 atom stereocenters. The van der Waals surface area contributed by atoms with Crippen molar-refractivity contribution >= 4 is 11.3 Å². The molecule has 0 saturated heterocycles. The fourth-order valence-corrected chi connectivity index (χ4v) is 3.19. The van der Waals surface area contributed by atoms with Gasteiger partial charge in [-0.05, 0) is 39.5 Å². The van der Waals surface area contributed by atoms with E-state index in [2.05, 4.69) is 58.8 Å². The van der Waals surface area contributed by atoms with Crippen LogP contribution >= 0.6 is 11.3 Å². The normalized spacial score (nSPS) is 13.1. The Morgan fingerprint density at radius 3 is 2.12 bits per heavy atom. The van der Waals surface area contributed by atoms with Crippen LogP contribution in [0.5, 0.6) is 0 Å². The molecule has 0 bridgehead atoms. The second-order valence-corrected chi connectivity index (χ2v) is 8.01. The molecule has 0 aliphatic carbocycles. The van der Waals surface area contributed by atoms with Crippen molar-refractivity contribution in [3.8, 4) is 0 Å². The third-order valence-electron chi connectivity index (χ3n) is 2.76. The number of nitrogens with one attached hydrogen (secondary N) is 1. The summed E-state index contributed by atoms with van der Waals surface area (Å²) in [6.07, 6.45) is 1.16. The van der Waals surface area contributed by atoms with E-state index in [0.29, 0.717) is 5.41 Å². The summed E-state index contributed by atoms with van der Waals surface area (Å²) in [5.41, 5.74) is 1.68. The van der Waals surface area contributed by atoms with Crippen molar-refractivity contribution in [1.82, 2.24) is 10.3 Å². The van der Waals surface area contributed by atoms with Crippen molar-refractivity contribution in [2.45, 2.75) is 67.0 Å². The zero-order valence-electron chi connectivity index (χ0n) is 12.3. The molecule has 17 heavy (non-hydrogen) atoms. The van der Waals surface area contributed by atoms with Crippen LogP contribution in [0.15, 0.2) is 0 Å². The Bertz CT molecular complexity index is 353. The number of hydrogen-bond acceptors (Lipinski definition) is 3. The number of thiazole rings is 1. The van der Waals surface area contributed by atoms with Gasteiger partial charge >= 0.3 is 0 Å². The summed E-state index contributed by atoms with van der Waals surface area (Å²) in [6, 6.07) is 0. The Morgan fingerprint density at radius 1 is 1.12 bits per heavy atom. The molecule has 1 rings (SSSR count). The molecule has 0 unspecified atom stereocenters. The van der Waals surface area contributed by atoms with Gasteiger partial charge in [-0.1, -0.05) is 20.8 Å². The first kappa shape index (κ1) is 14.7. The van der Waals surface area contributed by atoms with E-state index in [1.807, 2.05) is 0 Å². The summed E-state index contributed by atoms with van der Waals surface area (Å²) in [5.74, 6) is 0. The van der Waals surface area contributed by atoms with E-state index in [-0.39, 0.29) is 5.54 Å². The van der Waals surface area contributed by atoms with Crippen molar-refractivity contribution in [1.29, 1.82) is 0 Å². The molecule has 0 spiro atoms. The molecule has 1 heterocycles. The van der Waals surface area contributed by atoms with E-state index in [0.717, 1.165) is 13.0 Å². The fraction of sp³-hybridized carbons (Fsp3) is 0.786. The van der Waals surface area contributed by atoms with Crippen LogP contribution in [0, 0.1) is 19.3 Å². The van der Waals surface area contributed by atoms with Crippen LogP contribution in [-0.4, -0.2) is 10.5 Å². The van der Waals surface area contributed by atoms with Crippen molar-refractivity contribution in [3.05, 3.63) is 15.6 Å². The molecule has 0 aliphatic rings. The van der Waals surface area contributed by atoms with Crippen LogP contribution in [0.3, 0.4) is 0 Å². The molecular weight excluding hydrogens is 228 g/mol. The van der Waals surface area contributed by atoms with Gasteiger partial charge in [-0.15, -0.1) is 11.3 Å². The van der Waals surface area contributed by atoms with Crippen molar-refractivity contribution in [3.63, 3.8) is 0 Å². The lowest BCUT2D eigenvalue weighted by Crippen LogP contribution is -2.41. The van der Waals surface area contributed by atoms with Gasteiger partial charge in [-0.25, -0.2) is 4.98 Å². The molecule has 3 heteroatoms. The summed E-state index contributed by atoms with van der Waals surface area (Å²) in [7, 11) is 0. The topological polar surface area (TPSA) is 24.9 Å². The third kappa shape index (κ3) is 5.17. The molecule has 0 aromatic carbocycles. The maximum absolute atomic E-state index is 4.57. The Balaban J connectivity index is 2.55. The van der Waals surface area contributed by atoms with Crippen molar-refractivity contribution < 1.29 is 0 Å². The number of rotatable bonds is 4. The molecule has 0 aliphatic heterocycles. The highest BCUT2D eigenvalue weighted by Gasteiger charge is 2.25. The molecule has 1 aromatic heterocycles. The first-order valence-electron chi connectivity index (χ1n) is 6.27. The van der Waals surface area contributed by atoms with Crippen LogP contribution in [0.2, 0.25) is 0 Å². The van der Waals surface area contributed by atoms with Crippen LogP contribution in [0.25, 0.3) is 0 Å². The molecule has 98 valence electrons. The minimum Gasteiger partial charge on any atom is -0.305 e. The van der Waals surface area contributed by atoms with Gasteiger partial charge < -0.3 is 5.32 Å². The minimum absolute atomic E-state index is 0.158. The fourth-order valence-electron chi connectivity index (χ4n) is 2.32. The lowest BCUT2D eigenvalue weighted by Gasteiger charge is -2.33. The van der Waals surface area contributed by atoms with E-state index in [1.54, 1.807) is 11.3 Å². The van der Waals surface area contributed by atoms with E-state index in [9.17, 15) is 0 Å². The average molecular weight is 254 g/mol. The van der Waals surface area contributed by atoms with Gasteiger partial charge in [0.25, 0.3) is 0 Å². The van der Waals surface area contributed by atoms with Gasteiger partial charge in [0.1, 0.15) is 5.01 Å². The SMILES string of the molecule is Cc1nc(CNC(C)(C)CC(C)(C)C)sc1C.